The van der Waals surface area contributed by atoms with Gasteiger partial charge in [0.25, 0.3) is 0 Å². The smallest absolute Gasteiger partial charge is 0.0473 e. The maximum absolute atomic E-state index is 6.29. The fraction of sp³-hybridized carbons (Fsp3) is 0.550. The molecule has 2 fully saturated rings. The van der Waals surface area contributed by atoms with E-state index in [0.717, 1.165) is 50.0 Å². The van der Waals surface area contributed by atoms with Crippen LogP contribution in [-0.2, 0) is 0 Å². The summed E-state index contributed by atoms with van der Waals surface area (Å²) in [5, 5.41) is 7.58. The number of rotatable bonds is 13. The molecule has 4 aliphatic carbocycles. The van der Waals surface area contributed by atoms with Crippen LogP contribution in [0.4, 0.5) is 0 Å². The van der Waals surface area contributed by atoms with Gasteiger partial charge in [-0.25, -0.2) is 0 Å². The molecule has 1 aliphatic heterocycles. The van der Waals surface area contributed by atoms with Gasteiger partial charge in [0, 0.05) is 24.3 Å². The maximum atomic E-state index is 6.29. The molecule has 4 nitrogen and oxygen atoms in total. The first-order valence-electron chi connectivity index (χ1n) is 17.7. The molecule has 44 heavy (non-hydrogen) atoms. The minimum Gasteiger partial charge on any atom is -0.405 e. The number of allylic oxidation sites excluding steroid dienone is 12. The summed E-state index contributed by atoms with van der Waals surface area (Å²) in [4.78, 5) is 0. The first-order chi connectivity index (χ1) is 21.6. The third-order valence-electron chi connectivity index (χ3n) is 10.9. The third-order valence-corrected chi connectivity index (χ3v) is 10.9. The lowest BCUT2D eigenvalue weighted by molar-refractivity contribution is 0.0661. The van der Waals surface area contributed by atoms with Gasteiger partial charge in [-0.05, 0) is 148 Å². The molecule has 0 saturated heterocycles. The lowest BCUT2D eigenvalue weighted by Gasteiger charge is -2.48. The van der Waals surface area contributed by atoms with Crippen LogP contribution in [-0.4, -0.2) is 18.6 Å². The van der Waals surface area contributed by atoms with E-state index in [4.69, 9.17) is 11.5 Å². The Morgan fingerprint density at radius 1 is 1.05 bits per heavy atom. The zero-order chi connectivity index (χ0) is 30.6. The fourth-order valence-electron chi connectivity index (χ4n) is 8.49. The summed E-state index contributed by atoms with van der Waals surface area (Å²) in [6.07, 6.45) is 47.0. The van der Waals surface area contributed by atoms with Gasteiger partial charge in [-0.1, -0.05) is 73.8 Å². The van der Waals surface area contributed by atoms with Gasteiger partial charge in [0.15, 0.2) is 0 Å². The van der Waals surface area contributed by atoms with E-state index in [1.807, 2.05) is 6.08 Å². The summed E-state index contributed by atoms with van der Waals surface area (Å²) in [5.41, 5.74) is 17.9. The first-order valence-corrected chi connectivity index (χ1v) is 17.7. The zero-order valence-electron chi connectivity index (χ0n) is 27.2. The molecule has 0 spiro atoms. The molecule has 0 bridgehead atoms. The molecule has 0 aromatic carbocycles. The van der Waals surface area contributed by atoms with E-state index in [9.17, 15) is 0 Å². The van der Waals surface area contributed by atoms with E-state index >= 15 is 0 Å². The number of nitrogens with one attached hydrogen (secondary N) is 2. The van der Waals surface area contributed by atoms with E-state index in [0.29, 0.717) is 17.9 Å². The molecular weight excluding hydrogens is 536 g/mol. The van der Waals surface area contributed by atoms with Crippen LogP contribution in [0.25, 0.3) is 0 Å². The summed E-state index contributed by atoms with van der Waals surface area (Å²) in [5.74, 6) is 3.64. The lowest BCUT2D eigenvalue weighted by atomic mass is 9.58. The molecule has 0 aromatic heterocycles. The van der Waals surface area contributed by atoms with Crippen LogP contribution in [0.2, 0.25) is 0 Å². The molecule has 0 radical (unpaired) electrons. The zero-order valence-corrected chi connectivity index (χ0v) is 27.2. The van der Waals surface area contributed by atoms with Crippen molar-refractivity contribution in [3.05, 3.63) is 108 Å². The highest BCUT2D eigenvalue weighted by Gasteiger charge is 2.42. The average Bonchev–Trinajstić information content (AvgIpc) is 3.07. The molecule has 238 valence electrons. The SMILES string of the molecule is CC(C/C=C(/C=C/C=C\C(N)CC/C=C\N)CNC1=C2CCCCC2=CCC1)C1CCC(C2C=CC=CN2)C2CCC=CC12. The van der Waals surface area contributed by atoms with Gasteiger partial charge < -0.3 is 22.1 Å². The molecule has 4 heteroatoms. The molecule has 7 atom stereocenters. The molecular formula is C40H58N4. The monoisotopic (exact) mass is 594 g/mol. The van der Waals surface area contributed by atoms with Crippen molar-refractivity contribution in [2.24, 2.45) is 41.1 Å². The summed E-state index contributed by atoms with van der Waals surface area (Å²) in [6, 6.07) is 0.542. The topological polar surface area (TPSA) is 76.1 Å². The lowest BCUT2D eigenvalue weighted by Crippen LogP contribution is -2.45. The maximum Gasteiger partial charge on any atom is 0.0473 e. The van der Waals surface area contributed by atoms with E-state index in [-0.39, 0.29) is 6.04 Å². The van der Waals surface area contributed by atoms with Crippen molar-refractivity contribution >= 4 is 0 Å². The van der Waals surface area contributed by atoms with Gasteiger partial charge in [-0.15, -0.1) is 0 Å². The molecule has 1 heterocycles. The molecule has 7 unspecified atom stereocenters. The Bertz CT molecular complexity index is 1210. The molecule has 6 N–H and O–H groups in total. The highest BCUT2D eigenvalue weighted by atomic mass is 14.9. The van der Waals surface area contributed by atoms with Crippen molar-refractivity contribution in [1.29, 1.82) is 0 Å². The van der Waals surface area contributed by atoms with Crippen molar-refractivity contribution in [2.75, 3.05) is 6.54 Å². The number of hydrogen-bond acceptors (Lipinski definition) is 4. The van der Waals surface area contributed by atoms with Gasteiger partial charge >= 0.3 is 0 Å². The number of fused-ring (bicyclic) bond motifs is 2. The van der Waals surface area contributed by atoms with E-state index in [1.165, 1.54) is 69.1 Å². The van der Waals surface area contributed by atoms with Crippen molar-refractivity contribution in [3.8, 4) is 0 Å². The minimum atomic E-state index is 0.0501. The van der Waals surface area contributed by atoms with Gasteiger partial charge in [-0.2, -0.15) is 0 Å². The highest BCUT2D eigenvalue weighted by molar-refractivity contribution is 5.40. The van der Waals surface area contributed by atoms with Gasteiger partial charge in [-0.3, -0.25) is 0 Å². The fourth-order valence-corrected chi connectivity index (χ4v) is 8.49. The van der Waals surface area contributed by atoms with Gasteiger partial charge in [0.05, 0.1) is 0 Å². The highest BCUT2D eigenvalue weighted by Crippen LogP contribution is 2.49. The largest absolute Gasteiger partial charge is 0.405 e. The predicted molar refractivity (Wildman–Crippen MR) is 188 cm³/mol. The van der Waals surface area contributed by atoms with E-state index in [2.05, 4.69) is 90.6 Å². The van der Waals surface area contributed by atoms with Gasteiger partial charge in [0.2, 0.25) is 0 Å². The second kappa shape index (κ2) is 16.9. The van der Waals surface area contributed by atoms with Gasteiger partial charge in [0.1, 0.15) is 0 Å². The summed E-state index contributed by atoms with van der Waals surface area (Å²) >= 11 is 0. The Labute approximate surface area is 268 Å². The Hall–Kier alpha value is -2.98. The second-order valence-corrected chi connectivity index (χ2v) is 13.8. The Kier molecular flexibility index (Phi) is 12.5. The van der Waals surface area contributed by atoms with Crippen LogP contribution in [0, 0.1) is 29.6 Å². The van der Waals surface area contributed by atoms with E-state index in [1.54, 1.807) is 17.3 Å². The first kappa shape index (κ1) is 32.4. The van der Waals surface area contributed by atoms with Crippen molar-refractivity contribution in [1.82, 2.24) is 10.6 Å². The average molecular weight is 595 g/mol. The van der Waals surface area contributed by atoms with Crippen LogP contribution >= 0.6 is 0 Å². The van der Waals surface area contributed by atoms with Crippen LogP contribution in [0.1, 0.15) is 90.4 Å². The molecule has 5 aliphatic rings. The Balaban J connectivity index is 1.26. The molecule has 0 aromatic rings. The van der Waals surface area contributed by atoms with Crippen LogP contribution < -0.4 is 22.1 Å². The Morgan fingerprint density at radius 3 is 2.82 bits per heavy atom. The quantitative estimate of drug-likeness (QED) is 0.128. The number of hydrogen-bond donors (Lipinski definition) is 4. The minimum absolute atomic E-state index is 0.0501. The summed E-state index contributed by atoms with van der Waals surface area (Å²) < 4.78 is 0. The van der Waals surface area contributed by atoms with E-state index < -0.39 is 0 Å². The molecule has 2 saturated carbocycles. The molecule has 5 rings (SSSR count). The second-order valence-electron chi connectivity index (χ2n) is 13.8. The predicted octanol–water partition coefficient (Wildman–Crippen LogP) is 8.42. The Morgan fingerprint density at radius 2 is 1.95 bits per heavy atom. The summed E-state index contributed by atoms with van der Waals surface area (Å²) in [6.45, 7) is 3.40. The van der Waals surface area contributed by atoms with Crippen LogP contribution in [0.3, 0.4) is 0 Å². The standard InChI is InChI=1S/C40H58N4/c1-30(34-25-26-38(40-21-9-11-28-43-40)37-20-7-6-19-36(34)37)23-24-31(13-2-4-16-33(42)17-8-10-27-41)29-44-39-22-12-15-32-14-3-5-18-35(32)39/h2,4,6,9-11,13,15-16,19,21,24,27-28,30,33-34,36-38,40,43-44H,3,5,7-8,12,14,17-18,20,22-23,25-26,29,41-42H2,1H3/b13-2+,16-4-,27-10-,31-24-. The van der Waals surface area contributed by atoms with Crippen molar-refractivity contribution in [3.63, 3.8) is 0 Å². The van der Waals surface area contributed by atoms with Crippen molar-refractivity contribution < 1.29 is 0 Å². The number of nitrogens with two attached hydrogens (primary N) is 2. The third kappa shape index (κ3) is 8.81. The number of dihydropyridines is 1. The van der Waals surface area contributed by atoms with Crippen molar-refractivity contribution in [2.45, 2.75) is 102 Å². The normalized spacial score (nSPS) is 30.4. The molecule has 0 amide bonds. The van der Waals surface area contributed by atoms with Crippen LogP contribution in [0.5, 0.6) is 0 Å². The van der Waals surface area contributed by atoms with Crippen LogP contribution in [0.15, 0.2) is 108 Å². The summed E-state index contributed by atoms with van der Waals surface area (Å²) in [7, 11) is 0.